The van der Waals surface area contributed by atoms with Crippen molar-refractivity contribution in [3.63, 3.8) is 0 Å². The summed E-state index contributed by atoms with van der Waals surface area (Å²) in [5.74, 6) is 0.505. The van der Waals surface area contributed by atoms with E-state index in [-0.39, 0.29) is 0 Å². The quantitative estimate of drug-likeness (QED) is 0.569. The van der Waals surface area contributed by atoms with E-state index in [0.29, 0.717) is 20.9 Å². The number of nitrogens with zero attached hydrogens (tertiary/aromatic N) is 3. The Morgan fingerprint density at radius 3 is 2.50 bits per heavy atom. The summed E-state index contributed by atoms with van der Waals surface area (Å²) in [6.07, 6.45) is -2.20. The van der Waals surface area contributed by atoms with E-state index in [9.17, 15) is 13.2 Å². The van der Waals surface area contributed by atoms with Gasteiger partial charge in [-0.25, -0.2) is 4.98 Å². The predicted octanol–water partition coefficient (Wildman–Crippen LogP) is 4.77. The van der Waals surface area contributed by atoms with Gasteiger partial charge < -0.3 is 0 Å². The number of aromatic amines is 1. The van der Waals surface area contributed by atoms with E-state index in [1.165, 1.54) is 17.7 Å². The minimum Gasteiger partial charge on any atom is -0.259 e. The molecule has 1 aromatic carbocycles. The maximum atomic E-state index is 13.0. The Hall–Kier alpha value is -2.74. The third-order valence-corrected chi connectivity index (χ3v) is 4.68. The van der Waals surface area contributed by atoms with Crippen LogP contribution in [0.4, 0.5) is 13.2 Å². The molecule has 4 rings (SSSR count). The summed E-state index contributed by atoms with van der Waals surface area (Å²) >= 11 is 1.21. The minimum absolute atomic E-state index is 0.454. The highest BCUT2D eigenvalue weighted by molar-refractivity contribution is 7.22. The molecule has 4 nitrogen and oxygen atoms in total. The van der Waals surface area contributed by atoms with Crippen LogP contribution in [0, 0.1) is 0 Å². The number of hydrogen-bond acceptors (Lipinski definition) is 4. The molecule has 24 heavy (non-hydrogen) atoms. The molecule has 0 aliphatic heterocycles. The number of halogens is 3. The van der Waals surface area contributed by atoms with Crippen molar-refractivity contribution in [2.75, 3.05) is 0 Å². The van der Waals surface area contributed by atoms with E-state index in [0.717, 1.165) is 23.4 Å². The zero-order valence-corrected chi connectivity index (χ0v) is 12.8. The average molecular weight is 346 g/mol. The molecule has 1 N–H and O–H groups in total. The third kappa shape index (κ3) is 2.44. The third-order valence-electron chi connectivity index (χ3n) is 3.55. The number of benzene rings is 1. The Bertz CT molecular complexity index is 992. The van der Waals surface area contributed by atoms with Crippen molar-refractivity contribution < 1.29 is 13.2 Å². The summed E-state index contributed by atoms with van der Waals surface area (Å²) in [6.45, 7) is 0. The van der Waals surface area contributed by atoms with Gasteiger partial charge in [-0.05, 0) is 11.6 Å². The normalized spacial score (nSPS) is 12.0. The van der Waals surface area contributed by atoms with Gasteiger partial charge in [0.1, 0.15) is 6.33 Å². The number of rotatable bonds is 2. The molecule has 0 bridgehead atoms. The van der Waals surface area contributed by atoms with Crippen LogP contribution in [0.15, 0.2) is 48.9 Å². The lowest BCUT2D eigenvalue weighted by atomic mass is 10.0. The predicted molar refractivity (Wildman–Crippen MR) is 85.4 cm³/mol. The van der Waals surface area contributed by atoms with Crippen LogP contribution in [0.3, 0.4) is 0 Å². The number of hydrogen-bond donors (Lipinski definition) is 1. The Kier molecular flexibility index (Phi) is 3.34. The van der Waals surface area contributed by atoms with Gasteiger partial charge in [-0.1, -0.05) is 30.3 Å². The highest BCUT2D eigenvalue weighted by Crippen LogP contribution is 2.44. The molecule has 3 heterocycles. The Balaban J connectivity index is 2.02. The molecule has 0 aliphatic carbocycles. The van der Waals surface area contributed by atoms with Crippen LogP contribution in [0.25, 0.3) is 32.0 Å². The average Bonchev–Trinajstić information content (AvgIpc) is 3.21. The summed E-state index contributed by atoms with van der Waals surface area (Å²) in [5, 5.41) is 6.60. The van der Waals surface area contributed by atoms with Gasteiger partial charge in [0, 0.05) is 11.8 Å². The summed E-state index contributed by atoms with van der Waals surface area (Å²) in [7, 11) is 0. The number of H-pyrrole nitrogens is 1. The first-order valence-corrected chi connectivity index (χ1v) is 7.76. The van der Waals surface area contributed by atoms with Crippen LogP contribution < -0.4 is 0 Å². The van der Waals surface area contributed by atoms with Crippen molar-refractivity contribution in [2.24, 2.45) is 0 Å². The van der Waals surface area contributed by atoms with E-state index in [1.807, 2.05) is 30.3 Å². The second kappa shape index (κ2) is 5.41. The maximum absolute atomic E-state index is 13.0. The fourth-order valence-electron chi connectivity index (χ4n) is 2.49. The van der Waals surface area contributed by atoms with Crippen molar-refractivity contribution in [2.45, 2.75) is 6.18 Å². The number of pyridine rings is 1. The molecule has 0 unspecified atom stereocenters. The molecule has 4 aromatic rings. The van der Waals surface area contributed by atoms with Gasteiger partial charge in [-0.3, -0.25) is 10.1 Å². The molecule has 0 radical (unpaired) electrons. The molecule has 0 amide bonds. The number of thiophene rings is 1. The first-order valence-electron chi connectivity index (χ1n) is 6.95. The van der Waals surface area contributed by atoms with Crippen molar-refractivity contribution >= 4 is 21.6 Å². The second-order valence-electron chi connectivity index (χ2n) is 5.07. The van der Waals surface area contributed by atoms with Crippen molar-refractivity contribution in [3.05, 3.63) is 54.5 Å². The van der Waals surface area contributed by atoms with Gasteiger partial charge in [0.15, 0.2) is 5.82 Å². The van der Waals surface area contributed by atoms with Crippen LogP contribution in [-0.2, 0) is 6.18 Å². The molecule has 0 saturated carbocycles. The fraction of sp³-hybridized carbons (Fsp3) is 0.0625. The van der Waals surface area contributed by atoms with Gasteiger partial charge in [0.2, 0.25) is 0 Å². The molecule has 0 spiro atoms. The zero-order valence-electron chi connectivity index (χ0n) is 12.0. The highest BCUT2D eigenvalue weighted by atomic mass is 32.1. The number of alkyl halides is 3. The highest BCUT2D eigenvalue weighted by Gasteiger charge is 2.32. The molecule has 0 aliphatic rings. The van der Waals surface area contributed by atoms with E-state index >= 15 is 0 Å². The molecule has 0 saturated heterocycles. The monoisotopic (exact) mass is 346 g/mol. The van der Waals surface area contributed by atoms with Crippen LogP contribution in [0.5, 0.6) is 0 Å². The summed E-state index contributed by atoms with van der Waals surface area (Å²) < 4.78 is 39.3. The first kappa shape index (κ1) is 14.8. The molecular formula is C16H9F3N4S. The van der Waals surface area contributed by atoms with Crippen molar-refractivity contribution in [3.8, 4) is 21.8 Å². The van der Waals surface area contributed by atoms with Crippen LogP contribution >= 0.6 is 11.3 Å². The molecule has 0 fully saturated rings. The minimum atomic E-state index is -4.43. The lowest BCUT2D eigenvalue weighted by molar-refractivity contribution is -0.137. The van der Waals surface area contributed by atoms with Gasteiger partial charge in [-0.15, -0.1) is 11.3 Å². The Morgan fingerprint density at radius 1 is 1.04 bits per heavy atom. The van der Waals surface area contributed by atoms with Crippen molar-refractivity contribution in [1.82, 2.24) is 20.2 Å². The molecular weight excluding hydrogens is 337 g/mol. The van der Waals surface area contributed by atoms with E-state index in [4.69, 9.17) is 0 Å². The molecule has 8 heteroatoms. The van der Waals surface area contributed by atoms with E-state index in [2.05, 4.69) is 20.2 Å². The Labute approximate surface area is 138 Å². The van der Waals surface area contributed by atoms with E-state index in [1.54, 1.807) is 0 Å². The van der Waals surface area contributed by atoms with Gasteiger partial charge in [0.25, 0.3) is 0 Å². The SMILES string of the molecule is FC(F)(F)c1cnc2c(-c3ccccc3)c(-c3ncn[nH]3)sc2c1. The topological polar surface area (TPSA) is 54.5 Å². The maximum Gasteiger partial charge on any atom is 0.417 e. The summed E-state index contributed by atoms with van der Waals surface area (Å²) in [4.78, 5) is 8.92. The number of nitrogens with one attached hydrogen (secondary N) is 1. The fourth-order valence-corrected chi connectivity index (χ4v) is 3.66. The first-order chi connectivity index (χ1) is 11.5. The van der Waals surface area contributed by atoms with Gasteiger partial charge >= 0.3 is 6.18 Å². The lowest BCUT2D eigenvalue weighted by Crippen LogP contribution is -2.04. The van der Waals surface area contributed by atoms with Gasteiger partial charge in [-0.2, -0.15) is 18.3 Å². The number of aromatic nitrogens is 4. The number of fused-ring (bicyclic) bond motifs is 1. The zero-order chi connectivity index (χ0) is 16.7. The van der Waals surface area contributed by atoms with E-state index < -0.39 is 11.7 Å². The summed E-state index contributed by atoms with van der Waals surface area (Å²) in [6, 6.07) is 10.5. The molecule has 0 atom stereocenters. The van der Waals surface area contributed by atoms with Gasteiger partial charge in [0.05, 0.1) is 20.7 Å². The summed E-state index contributed by atoms with van der Waals surface area (Å²) in [5.41, 5.74) is 1.37. The standard InChI is InChI=1S/C16H9F3N4S/c17-16(18,19)10-6-11-13(20-7-10)12(9-4-2-1-3-5-9)14(24-11)15-21-8-22-23-15/h1-8H,(H,21,22,23). The smallest absolute Gasteiger partial charge is 0.259 e. The largest absolute Gasteiger partial charge is 0.417 e. The lowest BCUT2D eigenvalue weighted by Gasteiger charge is -2.06. The van der Waals surface area contributed by atoms with Crippen LogP contribution in [0.2, 0.25) is 0 Å². The second-order valence-corrected chi connectivity index (χ2v) is 6.13. The van der Waals surface area contributed by atoms with Crippen LogP contribution in [0.1, 0.15) is 5.56 Å². The molecule has 3 aromatic heterocycles. The van der Waals surface area contributed by atoms with Crippen molar-refractivity contribution in [1.29, 1.82) is 0 Å². The molecule has 120 valence electrons. The Morgan fingerprint density at radius 2 is 1.83 bits per heavy atom. The van der Waals surface area contributed by atoms with Crippen LogP contribution in [-0.4, -0.2) is 20.2 Å².